The van der Waals surface area contributed by atoms with Gasteiger partial charge in [-0.1, -0.05) is 0 Å². The van der Waals surface area contributed by atoms with Gasteiger partial charge in [0.1, 0.15) is 0 Å². The van der Waals surface area contributed by atoms with Crippen LogP contribution in [0.15, 0.2) is 18.2 Å². The Morgan fingerprint density at radius 2 is 2.11 bits per heavy atom. The molecule has 19 heavy (non-hydrogen) atoms. The molecule has 106 valence electrons. The number of nitrogens with zero attached hydrogens (tertiary/aromatic N) is 1. The summed E-state index contributed by atoms with van der Waals surface area (Å²) in [5.41, 5.74) is 5.04. The predicted octanol–water partition coefficient (Wildman–Crippen LogP) is 1.35. The highest BCUT2D eigenvalue weighted by Gasteiger charge is 2.11. The highest BCUT2D eigenvalue weighted by molar-refractivity contribution is 5.95. The van der Waals surface area contributed by atoms with E-state index in [-0.39, 0.29) is 11.9 Å². The molecule has 0 aromatic heterocycles. The number of nitrogen functional groups attached to an aromatic ring is 1. The molecule has 1 unspecified atom stereocenters. The molecule has 1 aromatic carbocycles. The van der Waals surface area contributed by atoms with Gasteiger partial charge in [-0.15, -0.1) is 0 Å². The van der Waals surface area contributed by atoms with Crippen molar-refractivity contribution in [2.75, 3.05) is 26.1 Å². The Morgan fingerprint density at radius 3 is 2.63 bits per heavy atom. The molecule has 0 radical (unpaired) electrons. The lowest BCUT2D eigenvalue weighted by molar-refractivity contribution is 0.0936. The number of aryl methyl sites for hydroxylation is 1. The van der Waals surface area contributed by atoms with Gasteiger partial charge in [-0.2, -0.15) is 0 Å². The summed E-state index contributed by atoms with van der Waals surface area (Å²) < 4.78 is 0. The zero-order valence-electron chi connectivity index (χ0n) is 12.2. The summed E-state index contributed by atoms with van der Waals surface area (Å²) in [6, 6.07) is 5.58. The van der Waals surface area contributed by atoms with Gasteiger partial charge in [-0.05, 0) is 64.7 Å². The van der Waals surface area contributed by atoms with Crippen molar-refractivity contribution < 1.29 is 4.79 Å². The largest absolute Gasteiger partial charge is 0.350 e. The van der Waals surface area contributed by atoms with Crippen molar-refractivity contribution in [3.8, 4) is 0 Å². The van der Waals surface area contributed by atoms with Crippen molar-refractivity contribution >= 4 is 11.6 Å². The molecule has 0 aliphatic heterocycles. The molecule has 5 heteroatoms. The first-order valence-electron chi connectivity index (χ1n) is 6.47. The fraction of sp³-hybridized carbons (Fsp3) is 0.500. The van der Waals surface area contributed by atoms with Crippen LogP contribution in [0, 0.1) is 6.92 Å². The number of hydrogen-bond acceptors (Lipinski definition) is 4. The Morgan fingerprint density at radius 1 is 1.42 bits per heavy atom. The van der Waals surface area contributed by atoms with Crippen molar-refractivity contribution in [3.05, 3.63) is 29.3 Å². The molecular formula is C14H24N4O. The average Bonchev–Trinajstić information content (AvgIpc) is 2.36. The molecule has 5 nitrogen and oxygen atoms in total. The van der Waals surface area contributed by atoms with E-state index in [0.717, 1.165) is 24.2 Å². The van der Waals surface area contributed by atoms with Gasteiger partial charge in [0.25, 0.3) is 5.91 Å². The molecule has 1 rings (SSSR count). The van der Waals surface area contributed by atoms with Crippen LogP contribution >= 0.6 is 0 Å². The van der Waals surface area contributed by atoms with Crippen LogP contribution in [0.2, 0.25) is 0 Å². The maximum absolute atomic E-state index is 12.1. The van der Waals surface area contributed by atoms with Crippen LogP contribution in [0.1, 0.15) is 29.3 Å². The minimum Gasteiger partial charge on any atom is -0.350 e. The average molecular weight is 264 g/mol. The van der Waals surface area contributed by atoms with Crippen molar-refractivity contribution in [1.82, 2.24) is 10.2 Å². The minimum absolute atomic E-state index is 0.0436. The minimum atomic E-state index is -0.0436. The SMILES string of the molecule is Cc1cc(C(=O)NC(C)CCN(C)C)ccc1NN. The molecule has 0 aliphatic carbocycles. The van der Waals surface area contributed by atoms with Gasteiger partial charge in [-0.25, -0.2) is 0 Å². The summed E-state index contributed by atoms with van der Waals surface area (Å²) in [7, 11) is 4.05. The number of anilines is 1. The van der Waals surface area contributed by atoms with Crippen LogP contribution in [0.4, 0.5) is 5.69 Å². The third kappa shape index (κ3) is 4.89. The van der Waals surface area contributed by atoms with E-state index >= 15 is 0 Å². The maximum atomic E-state index is 12.1. The summed E-state index contributed by atoms with van der Waals surface area (Å²) >= 11 is 0. The van der Waals surface area contributed by atoms with E-state index in [1.165, 1.54) is 0 Å². The summed E-state index contributed by atoms with van der Waals surface area (Å²) in [6.07, 6.45) is 0.931. The Kier molecular flexibility index (Phi) is 5.79. The normalized spacial score (nSPS) is 12.3. The van der Waals surface area contributed by atoms with E-state index in [9.17, 15) is 4.79 Å². The molecule has 0 spiro atoms. The zero-order valence-corrected chi connectivity index (χ0v) is 12.2. The van der Waals surface area contributed by atoms with Crippen LogP contribution in [-0.2, 0) is 0 Å². The molecule has 1 amide bonds. The number of carbonyl (C=O) groups is 1. The number of carbonyl (C=O) groups excluding carboxylic acids is 1. The van der Waals surface area contributed by atoms with Gasteiger partial charge in [0, 0.05) is 11.6 Å². The first kappa shape index (κ1) is 15.5. The third-order valence-electron chi connectivity index (χ3n) is 3.03. The first-order chi connectivity index (χ1) is 8.93. The van der Waals surface area contributed by atoms with Crippen LogP contribution in [0.5, 0.6) is 0 Å². The molecule has 1 aromatic rings. The van der Waals surface area contributed by atoms with Gasteiger partial charge in [0.2, 0.25) is 0 Å². The first-order valence-corrected chi connectivity index (χ1v) is 6.47. The number of benzene rings is 1. The number of rotatable bonds is 6. The van der Waals surface area contributed by atoms with Gasteiger partial charge in [0.15, 0.2) is 0 Å². The predicted molar refractivity (Wildman–Crippen MR) is 79.1 cm³/mol. The van der Waals surface area contributed by atoms with Crippen LogP contribution < -0.4 is 16.6 Å². The quantitative estimate of drug-likeness (QED) is 0.536. The maximum Gasteiger partial charge on any atom is 0.251 e. The van der Waals surface area contributed by atoms with Crippen molar-refractivity contribution in [1.29, 1.82) is 0 Å². The van der Waals surface area contributed by atoms with E-state index in [0.29, 0.717) is 5.56 Å². The van der Waals surface area contributed by atoms with Gasteiger partial charge in [0.05, 0.1) is 5.69 Å². The molecule has 0 saturated heterocycles. The van der Waals surface area contributed by atoms with Gasteiger partial charge in [-0.3, -0.25) is 10.6 Å². The zero-order chi connectivity index (χ0) is 14.4. The number of hydrazine groups is 1. The fourth-order valence-corrected chi connectivity index (χ4v) is 1.80. The highest BCUT2D eigenvalue weighted by Crippen LogP contribution is 2.15. The summed E-state index contributed by atoms with van der Waals surface area (Å²) in [5.74, 6) is 5.33. The van der Waals surface area contributed by atoms with Gasteiger partial charge < -0.3 is 15.6 Å². The topological polar surface area (TPSA) is 70.4 Å². The Labute approximate surface area is 115 Å². The van der Waals surface area contributed by atoms with E-state index in [1.807, 2.05) is 40.1 Å². The van der Waals surface area contributed by atoms with E-state index in [4.69, 9.17) is 5.84 Å². The highest BCUT2D eigenvalue weighted by atomic mass is 16.1. The van der Waals surface area contributed by atoms with Crippen molar-refractivity contribution in [3.63, 3.8) is 0 Å². The smallest absolute Gasteiger partial charge is 0.251 e. The van der Waals surface area contributed by atoms with Crippen LogP contribution in [-0.4, -0.2) is 37.5 Å². The molecule has 0 fully saturated rings. The fourth-order valence-electron chi connectivity index (χ4n) is 1.80. The summed E-state index contributed by atoms with van der Waals surface area (Å²) in [4.78, 5) is 14.2. The Balaban J connectivity index is 2.60. The van der Waals surface area contributed by atoms with E-state index in [2.05, 4.69) is 15.6 Å². The van der Waals surface area contributed by atoms with Crippen molar-refractivity contribution in [2.24, 2.45) is 5.84 Å². The van der Waals surface area contributed by atoms with E-state index < -0.39 is 0 Å². The molecule has 1 atom stereocenters. The van der Waals surface area contributed by atoms with Crippen molar-refractivity contribution in [2.45, 2.75) is 26.3 Å². The Hall–Kier alpha value is -1.59. The summed E-state index contributed by atoms with van der Waals surface area (Å²) in [6.45, 7) is 4.89. The molecule has 0 aliphatic rings. The standard InChI is InChI=1S/C14H24N4O/c1-10-9-12(5-6-13(10)17-15)14(19)16-11(2)7-8-18(3)4/h5-6,9,11,17H,7-8,15H2,1-4H3,(H,16,19). The third-order valence-corrected chi connectivity index (χ3v) is 3.03. The van der Waals surface area contributed by atoms with Gasteiger partial charge >= 0.3 is 0 Å². The molecule has 0 saturated carbocycles. The van der Waals surface area contributed by atoms with E-state index in [1.54, 1.807) is 6.07 Å². The lowest BCUT2D eigenvalue weighted by atomic mass is 10.1. The second kappa shape index (κ2) is 7.11. The lowest BCUT2D eigenvalue weighted by Gasteiger charge is -2.17. The number of hydrogen-bond donors (Lipinski definition) is 3. The Bertz CT molecular complexity index is 431. The second-order valence-electron chi connectivity index (χ2n) is 5.14. The summed E-state index contributed by atoms with van der Waals surface area (Å²) in [5, 5.41) is 3.00. The lowest BCUT2D eigenvalue weighted by Crippen LogP contribution is -2.34. The van der Waals surface area contributed by atoms with Crippen LogP contribution in [0.25, 0.3) is 0 Å². The molecule has 4 N–H and O–H groups in total. The second-order valence-corrected chi connectivity index (χ2v) is 5.14. The number of nitrogens with one attached hydrogen (secondary N) is 2. The number of nitrogens with two attached hydrogens (primary N) is 1. The molecule has 0 heterocycles. The van der Waals surface area contributed by atoms with Crippen LogP contribution in [0.3, 0.4) is 0 Å². The molecular weight excluding hydrogens is 240 g/mol. The monoisotopic (exact) mass is 264 g/mol. The number of amides is 1. The molecule has 0 bridgehead atoms.